The first-order valence-corrected chi connectivity index (χ1v) is 15.1. The Labute approximate surface area is 286 Å². The van der Waals surface area contributed by atoms with Gasteiger partial charge in [-0.1, -0.05) is 72.2 Å². The highest BCUT2D eigenvalue weighted by Crippen LogP contribution is 2.32. The second kappa shape index (κ2) is 15.9. The zero-order chi connectivity index (χ0) is 31.2. The fourth-order valence-corrected chi connectivity index (χ4v) is 4.81. The number of rotatable bonds is 8. The van der Waals surface area contributed by atoms with Crippen molar-refractivity contribution in [3.05, 3.63) is 119 Å². The lowest BCUT2D eigenvalue weighted by atomic mass is 9.92. The molecule has 4 nitrogen and oxygen atoms in total. The highest BCUT2D eigenvalue weighted by atomic mass is 35.5. The van der Waals surface area contributed by atoms with Crippen molar-refractivity contribution in [1.29, 1.82) is 0 Å². The molecule has 0 aromatic heterocycles. The van der Waals surface area contributed by atoms with E-state index in [0.717, 1.165) is 77.4 Å². The van der Waals surface area contributed by atoms with Gasteiger partial charge in [0, 0.05) is 22.3 Å². The predicted molar refractivity (Wildman–Crippen MR) is 183 cm³/mol. The second-order valence-electron chi connectivity index (χ2n) is 13.1. The van der Waals surface area contributed by atoms with Crippen molar-refractivity contribution in [2.75, 3.05) is 68.6 Å². The monoisotopic (exact) mass is 652 g/mol. The van der Waals surface area contributed by atoms with Gasteiger partial charge in [-0.2, -0.15) is 0 Å². The summed E-state index contributed by atoms with van der Waals surface area (Å²) in [4.78, 5) is 0. The number of fused-ring (bicyclic) bond motifs is 2. The summed E-state index contributed by atoms with van der Waals surface area (Å²) in [6.07, 6.45) is 0. The van der Waals surface area contributed by atoms with Gasteiger partial charge in [0.05, 0.1) is 42.3 Å². The normalized spacial score (nSPS) is 10.9. The maximum Gasteiger partial charge on any atom is 0.137 e. The number of halogens is 2. The largest absolute Gasteiger partial charge is 1.00 e. The van der Waals surface area contributed by atoms with Crippen LogP contribution in [-0.2, 0) is 0 Å². The molecule has 0 N–H and O–H groups in total. The first kappa shape index (κ1) is 36.3. The van der Waals surface area contributed by atoms with Gasteiger partial charge in [-0.05, 0) is 70.1 Å². The van der Waals surface area contributed by atoms with E-state index in [1.807, 2.05) is 48.5 Å². The summed E-state index contributed by atoms with van der Waals surface area (Å²) >= 11 is 0. The molecule has 46 heavy (non-hydrogen) atoms. The lowest BCUT2D eigenvalue weighted by Gasteiger charge is -2.23. The summed E-state index contributed by atoms with van der Waals surface area (Å²) < 4.78 is 13.6. The van der Waals surface area contributed by atoms with Gasteiger partial charge in [-0.15, -0.1) is 0 Å². The fourth-order valence-electron chi connectivity index (χ4n) is 4.81. The lowest BCUT2D eigenvalue weighted by molar-refractivity contribution is -0.870. The zero-order valence-electron chi connectivity index (χ0n) is 27.5. The Hall–Kier alpha value is -4.16. The number of benzene rings is 5. The average Bonchev–Trinajstić information content (AvgIpc) is 2.99. The summed E-state index contributed by atoms with van der Waals surface area (Å²) in [5.41, 5.74) is 3.93. The SMILES string of the molecule is C[N+](C)(C)CCOc1ccc(C#Cc2c3ccccc3c(C#Cc3ccc(OCC[N+](C)(C)C)cc3)c3ccccc23)cc1.[Cl-].[Cl-]. The van der Waals surface area contributed by atoms with Crippen LogP contribution < -0.4 is 34.3 Å². The van der Waals surface area contributed by atoms with Crippen LogP contribution in [0.5, 0.6) is 11.5 Å². The molecule has 0 spiro atoms. The third kappa shape index (κ3) is 9.92. The van der Waals surface area contributed by atoms with Gasteiger partial charge >= 0.3 is 0 Å². The van der Waals surface area contributed by atoms with Gasteiger partial charge in [0.15, 0.2) is 0 Å². The molecule has 0 unspecified atom stereocenters. The molecule has 0 saturated heterocycles. The highest BCUT2D eigenvalue weighted by Gasteiger charge is 2.12. The first-order chi connectivity index (χ1) is 21.1. The van der Waals surface area contributed by atoms with Crippen molar-refractivity contribution < 1.29 is 43.3 Å². The Morgan fingerprint density at radius 1 is 0.435 bits per heavy atom. The average molecular weight is 654 g/mol. The van der Waals surface area contributed by atoms with Crippen LogP contribution in [0.3, 0.4) is 0 Å². The van der Waals surface area contributed by atoms with E-state index in [4.69, 9.17) is 9.47 Å². The minimum absolute atomic E-state index is 0. The molecular formula is C40H42Cl2N2O2. The lowest BCUT2D eigenvalue weighted by Crippen LogP contribution is -3.00. The van der Waals surface area contributed by atoms with Gasteiger partial charge in [0.25, 0.3) is 0 Å². The van der Waals surface area contributed by atoms with Crippen molar-refractivity contribution in [2.24, 2.45) is 0 Å². The molecule has 5 aromatic carbocycles. The van der Waals surface area contributed by atoms with Gasteiger partial charge in [0.2, 0.25) is 0 Å². The van der Waals surface area contributed by atoms with E-state index in [2.05, 4.69) is 114 Å². The number of likely N-dealkylation sites (N-methyl/N-ethyl adjacent to an activating group) is 2. The van der Waals surface area contributed by atoms with Crippen molar-refractivity contribution in [3.63, 3.8) is 0 Å². The fraction of sp³-hybridized carbons (Fsp3) is 0.250. The van der Waals surface area contributed by atoms with Crippen LogP contribution in [0.4, 0.5) is 0 Å². The van der Waals surface area contributed by atoms with E-state index in [-0.39, 0.29) is 24.8 Å². The molecule has 0 amide bonds. The Kier molecular flexibility index (Phi) is 12.6. The molecule has 0 saturated carbocycles. The van der Waals surface area contributed by atoms with Crippen molar-refractivity contribution in [2.45, 2.75) is 0 Å². The highest BCUT2D eigenvalue weighted by molar-refractivity contribution is 6.09. The molecule has 0 fully saturated rings. The molecular weight excluding hydrogens is 611 g/mol. The number of ether oxygens (including phenoxy) is 2. The summed E-state index contributed by atoms with van der Waals surface area (Å²) in [5, 5.41) is 4.40. The van der Waals surface area contributed by atoms with Crippen LogP contribution in [0.15, 0.2) is 97.1 Å². The van der Waals surface area contributed by atoms with E-state index in [1.165, 1.54) is 0 Å². The number of quaternary nitrogens is 2. The number of hydrogen-bond acceptors (Lipinski definition) is 2. The molecule has 0 aliphatic rings. The molecule has 0 aliphatic heterocycles. The van der Waals surface area contributed by atoms with Gasteiger partial charge in [-0.25, -0.2) is 0 Å². The molecule has 0 aliphatic carbocycles. The van der Waals surface area contributed by atoms with Crippen molar-refractivity contribution >= 4 is 21.5 Å². The van der Waals surface area contributed by atoms with Crippen molar-refractivity contribution in [3.8, 4) is 35.2 Å². The summed E-state index contributed by atoms with van der Waals surface area (Å²) in [6, 6.07) is 32.9. The summed E-state index contributed by atoms with van der Waals surface area (Å²) in [5.74, 6) is 15.5. The Balaban J connectivity index is 0.00000288. The molecule has 6 heteroatoms. The molecule has 238 valence electrons. The third-order valence-corrected chi connectivity index (χ3v) is 7.37. The minimum Gasteiger partial charge on any atom is -1.00 e. The topological polar surface area (TPSA) is 18.5 Å². The first-order valence-electron chi connectivity index (χ1n) is 15.1. The zero-order valence-corrected chi connectivity index (χ0v) is 29.0. The van der Waals surface area contributed by atoms with E-state index >= 15 is 0 Å². The Morgan fingerprint density at radius 3 is 1.02 bits per heavy atom. The van der Waals surface area contributed by atoms with E-state index in [1.54, 1.807) is 0 Å². The van der Waals surface area contributed by atoms with Crippen molar-refractivity contribution in [1.82, 2.24) is 0 Å². The molecule has 0 radical (unpaired) electrons. The van der Waals surface area contributed by atoms with Gasteiger partial charge < -0.3 is 43.3 Å². The van der Waals surface area contributed by atoms with Crippen LogP contribution in [0.1, 0.15) is 22.3 Å². The molecule has 0 heterocycles. The van der Waals surface area contributed by atoms with Crippen LogP contribution >= 0.6 is 0 Å². The number of hydrogen-bond donors (Lipinski definition) is 0. The third-order valence-electron chi connectivity index (χ3n) is 7.37. The van der Waals surface area contributed by atoms with E-state index < -0.39 is 0 Å². The van der Waals surface area contributed by atoms with Crippen LogP contribution in [0.2, 0.25) is 0 Å². The Morgan fingerprint density at radius 2 is 0.739 bits per heavy atom. The predicted octanol–water partition coefficient (Wildman–Crippen LogP) is 0.971. The minimum atomic E-state index is 0. The second-order valence-corrected chi connectivity index (χ2v) is 13.1. The maximum atomic E-state index is 5.93. The molecule has 0 bridgehead atoms. The quantitative estimate of drug-likeness (QED) is 0.141. The smallest absolute Gasteiger partial charge is 0.137 e. The van der Waals surface area contributed by atoms with E-state index in [9.17, 15) is 0 Å². The summed E-state index contributed by atoms with van der Waals surface area (Å²) in [6.45, 7) is 3.25. The van der Waals surface area contributed by atoms with Crippen LogP contribution in [0, 0.1) is 23.7 Å². The standard InChI is InChI=1S/C40H42N2O2.2ClH/c1-41(2,3)27-29-43-33-21-15-31(16-22-33)19-25-39-35-11-7-9-13-37(35)40(38-14-10-8-12-36(38)39)26-20-32-17-23-34(24-18-32)44-30-28-42(4,5)6;;/h7-18,21-24H,27-30H2,1-6H3;2*1H/q+2;;/p-2. The summed E-state index contributed by atoms with van der Waals surface area (Å²) in [7, 11) is 13.0. The van der Waals surface area contributed by atoms with Gasteiger partial charge in [-0.3, -0.25) is 0 Å². The van der Waals surface area contributed by atoms with E-state index in [0.29, 0.717) is 13.2 Å². The molecule has 5 aromatic rings. The molecule has 0 atom stereocenters. The van der Waals surface area contributed by atoms with Crippen LogP contribution in [-0.4, -0.2) is 77.6 Å². The molecule has 5 rings (SSSR count). The van der Waals surface area contributed by atoms with Gasteiger partial charge in [0.1, 0.15) is 37.8 Å². The Bertz CT molecular complexity index is 1680. The number of nitrogens with zero attached hydrogens (tertiary/aromatic N) is 2. The van der Waals surface area contributed by atoms with Crippen LogP contribution in [0.25, 0.3) is 21.5 Å². The maximum absolute atomic E-state index is 5.93.